The lowest BCUT2D eigenvalue weighted by Crippen LogP contribution is -2.25. The van der Waals surface area contributed by atoms with Gasteiger partial charge in [-0.25, -0.2) is 9.69 Å². The van der Waals surface area contributed by atoms with E-state index in [1.807, 2.05) is 36.4 Å². The van der Waals surface area contributed by atoms with E-state index in [0.717, 1.165) is 16.8 Å². The van der Waals surface area contributed by atoms with E-state index in [4.69, 9.17) is 23.2 Å². The number of nitrogens with one attached hydrogen (secondary N) is 1. The van der Waals surface area contributed by atoms with Crippen molar-refractivity contribution in [3.63, 3.8) is 0 Å². The van der Waals surface area contributed by atoms with Crippen LogP contribution in [-0.4, -0.2) is 38.9 Å². The van der Waals surface area contributed by atoms with Crippen molar-refractivity contribution in [3.05, 3.63) is 82.0 Å². The highest BCUT2D eigenvalue weighted by atomic mass is 35.5. The first kappa shape index (κ1) is 22.0. The van der Waals surface area contributed by atoms with Gasteiger partial charge in [-0.3, -0.25) is 9.59 Å². The average molecular weight is 470 g/mol. The largest absolute Gasteiger partial charge is 0.311 e. The van der Waals surface area contributed by atoms with Crippen LogP contribution in [0.2, 0.25) is 10.0 Å². The van der Waals surface area contributed by atoms with E-state index in [0.29, 0.717) is 35.4 Å². The molecule has 164 valence electrons. The first-order valence-electron chi connectivity index (χ1n) is 10.2. The molecular weight excluding hydrogens is 449 g/mol. The Hall–Kier alpha value is -3.16. The van der Waals surface area contributed by atoms with Crippen molar-refractivity contribution in [2.24, 2.45) is 5.10 Å². The summed E-state index contributed by atoms with van der Waals surface area (Å²) < 4.78 is 1.62. The molecule has 2 amide bonds. The van der Waals surface area contributed by atoms with Crippen LogP contribution in [0.4, 0.5) is 5.82 Å². The number of rotatable bonds is 7. The maximum absolute atomic E-state index is 12.5. The van der Waals surface area contributed by atoms with E-state index >= 15 is 0 Å². The minimum atomic E-state index is -0.274. The Bertz CT molecular complexity index is 1160. The predicted octanol–water partition coefficient (Wildman–Crippen LogP) is 4.59. The standard InChI is InChI=1S/C23H21Cl2N5O2/c24-18-8-4-7-17(23(18)25)15-30-20(11-13-26-30)27-21(31)9-10-22(32)29-14-12-19(28-29)16-5-2-1-3-6-16/h1-8,11,13H,9-10,12,14-15H2,(H,27,31). The van der Waals surface area contributed by atoms with Gasteiger partial charge in [-0.1, -0.05) is 65.7 Å². The summed E-state index contributed by atoms with van der Waals surface area (Å²) in [6, 6.07) is 16.8. The quantitative estimate of drug-likeness (QED) is 0.549. The van der Waals surface area contributed by atoms with Gasteiger partial charge >= 0.3 is 0 Å². The molecule has 1 aliphatic rings. The number of amides is 2. The van der Waals surface area contributed by atoms with Crippen molar-refractivity contribution in [2.45, 2.75) is 25.8 Å². The molecule has 0 bridgehead atoms. The summed E-state index contributed by atoms with van der Waals surface area (Å²) in [5.74, 6) is 0.0677. The number of hydrogen-bond acceptors (Lipinski definition) is 4. The Morgan fingerprint density at radius 3 is 2.62 bits per heavy atom. The molecule has 0 saturated heterocycles. The van der Waals surface area contributed by atoms with Crippen LogP contribution < -0.4 is 5.32 Å². The molecule has 7 nitrogen and oxygen atoms in total. The number of halogens is 2. The molecular formula is C23H21Cl2N5O2. The average Bonchev–Trinajstić information content (AvgIpc) is 3.46. The zero-order valence-corrected chi connectivity index (χ0v) is 18.7. The van der Waals surface area contributed by atoms with Crippen LogP contribution in [-0.2, 0) is 16.1 Å². The van der Waals surface area contributed by atoms with Gasteiger partial charge in [0.15, 0.2) is 0 Å². The summed E-state index contributed by atoms with van der Waals surface area (Å²) in [4.78, 5) is 24.9. The van der Waals surface area contributed by atoms with Gasteiger partial charge in [-0.15, -0.1) is 0 Å². The molecule has 2 heterocycles. The van der Waals surface area contributed by atoms with Crippen LogP contribution in [0, 0.1) is 0 Å². The Morgan fingerprint density at radius 2 is 1.81 bits per heavy atom. The summed E-state index contributed by atoms with van der Waals surface area (Å²) in [7, 11) is 0. The van der Waals surface area contributed by atoms with Crippen molar-refractivity contribution < 1.29 is 9.59 Å². The van der Waals surface area contributed by atoms with Gasteiger partial charge in [-0.05, 0) is 17.2 Å². The molecule has 0 aliphatic carbocycles. The molecule has 2 aromatic carbocycles. The van der Waals surface area contributed by atoms with Crippen LogP contribution in [0.25, 0.3) is 0 Å². The Labute approximate surface area is 195 Å². The fourth-order valence-corrected chi connectivity index (χ4v) is 3.80. The van der Waals surface area contributed by atoms with E-state index in [-0.39, 0.29) is 24.7 Å². The SMILES string of the molecule is O=C(CCC(=O)N1CCC(c2ccccc2)=N1)Nc1ccnn1Cc1cccc(Cl)c1Cl. The fraction of sp³-hybridized carbons (Fsp3) is 0.217. The number of hydrogen-bond donors (Lipinski definition) is 1. The summed E-state index contributed by atoms with van der Waals surface area (Å²) in [6.45, 7) is 0.879. The zero-order valence-electron chi connectivity index (χ0n) is 17.2. The summed E-state index contributed by atoms with van der Waals surface area (Å²) in [5.41, 5.74) is 2.68. The molecule has 0 spiro atoms. The number of carbonyl (C=O) groups is 2. The van der Waals surface area contributed by atoms with Gasteiger partial charge in [0.25, 0.3) is 0 Å². The highest BCUT2D eigenvalue weighted by molar-refractivity contribution is 6.42. The molecule has 0 saturated carbocycles. The molecule has 0 unspecified atom stereocenters. The van der Waals surface area contributed by atoms with E-state index in [9.17, 15) is 9.59 Å². The Kier molecular flexibility index (Phi) is 6.87. The maximum atomic E-state index is 12.5. The molecule has 1 N–H and O–H groups in total. The molecule has 0 fully saturated rings. The van der Waals surface area contributed by atoms with Crippen molar-refractivity contribution in [2.75, 3.05) is 11.9 Å². The second-order valence-electron chi connectivity index (χ2n) is 7.31. The van der Waals surface area contributed by atoms with Gasteiger partial charge in [0.2, 0.25) is 11.8 Å². The number of nitrogens with zero attached hydrogens (tertiary/aromatic N) is 4. The minimum absolute atomic E-state index is 0.0502. The lowest BCUT2D eigenvalue weighted by Gasteiger charge is -2.12. The molecule has 3 aromatic rings. The van der Waals surface area contributed by atoms with Crippen LogP contribution in [0.15, 0.2) is 65.9 Å². The van der Waals surface area contributed by atoms with E-state index in [2.05, 4.69) is 15.5 Å². The molecule has 0 atom stereocenters. The third-order valence-electron chi connectivity index (χ3n) is 5.10. The van der Waals surface area contributed by atoms with Gasteiger partial charge in [-0.2, -0.15) is 10.2 Å². The van der Waals surface area contributed by atoms with Gasteiger partial charge in [0.05, 0.1) is 35.0 Å². The number of carbonyl (C=O) groups excluding carboxylic acids is 2. The first-order valence-corrected chi connectivity index (χ1v) is 10.9. The van der Waals surface area contributed by atoms with Crippen molar-refractivity contribution in [1.82, 2.24) is 14.8 Å². The monoisotopic (exact) mass is 469 g/mol. The molecule has 1 aromatic heterocycles. The van der Waals surface area contributed by atoms with E-state index in [1.54, 1.807) is 29.1 Å². The number of aromatic nitrogens is 2. The predicted molar refractivity (Wildman–Crippen MR) is 125 cm³/mol. The van der Waals surface area contributed by atoms with Crippen LogP contribution >= 0.6 is 23.2 Å². The number of hydrazone groups is 1. The zero-order chi connectivity index (χ0) is 22.5. The number of anilines is 1. The Balaban J connectivity index is 1.31. The topological polar surface area (TPSA) is 79.6 Å². The first-order chi connectivity index (χ1) is 15.5. The van der Waals surface area contributed by atoms with Crippen LogP contribution in [0.3, 0.4) is 0 Å². The van der Waals surface area contributed by atoms with Crippen molar-refractivity contribution in [1.29, 1.82) is 0 Å². The van der Waals surface area contributed by atoms with Gasteiger partial charge < -0.3 is 5.32 Å². The fourth-order valence-electron chi connectivity index (χ4n) is 3.42. The highest BCUT2D eigenvalue weighted by Gasteiger charge is 2.22. The van der Waals surface area contributed by atoms with E-state index < -0.39 is 0 Å². The molecule has 4 rings (SSSR count). The van der Waals surface area contributed by atoms with Crippen molar-refractivity contribution >= 4 is 46.5 Å². The third-order valence-corrected chi connectivity index (χ3v) is 5.96. The molecule has 1 aliphatic heterocycles. The van der Waals surface area contributed by atoms with Crippen molar-refractivity contribution in [3.8, 4) is 0 Å². The lowest BCUT2D eigenvalue weighted by molar-refractivity contribution is -0.132. The maximum Gasteiger partial charge on any atom is 0.243 e. The normalized spacial score (nSPS) is 13.2. The number of benzene rings is 2. The third kappa shape index (κ3) is 5.18. The van der Waals surface area contributed by atoms with Crippen LogP contribution in [0.5, 0.6) is 0 Å². The van der Waals surface area contributed by atoms with Crippen LogP contribution in [0.1, 0.15) is 30.4 Å². The van der Waals surface area contributed by atoms with E-state index in [1.165, 1.54) is 5.01 Å². The highest BCUT2D eigenvalue weighted by Crippen LogP contribution is 2.26. The summed E-state index contributed by atoms with van der Waals surface area (Å²) in [6.07, 6.45) is 2.41. The Morgan fingerprint density at radius 1 is 1.00 bits per heavy atom. The molecule has 9 heteroatoms. The smallest absolute Gasteiger partial charge is 0.243 e. The van der Waals surface area contributed by atoms with Gasteiger partial charge in [0, 0.05) is 25.3 Å². The molecule has 32 heavy (non-hydrogen) atoms. The molecule has 0 radical (unpaired) electrons. The van der Waals surface area contributed by atoms with Gasteiger partial charge in [0.1, 0.15) is 5.82 Å². The lowest BCUT2D eigenvalue weighted by atomic mass is 10.1. The second kappa shape index (κ2) is 9.97. The summed E-state index contributed by atoms with van der Waals surface area (Å²) >= 11 is 12.3. The second-order valence-corrected chi connectivity index (χ2v) is 8.10. The summed E-state index contributed by atoms with van der Waals surface area (Å²) in [5, 5.41) is 13.8. The minimum Gasteiger partial charge on any atom is -0.311 e.